The lowest BCUT2D eigenvalue weighted by atomic mass is 9.93. The molecule has 0 aliphatic heterocycles. The SMILES string of the molecule is CC(C)(C)c1cc(NC(=O)Nc2cccc(Oc3ncnc4ccc(OCCO)cc34)c2)no1. The van der Waals surface area contributed by atoms with Gasteiger partial charge in [0.05, 0.1) is 17.5 Å². The highest BCUT2D eigenvalue weighted by Gasteiger charge is 2.20. The van der Waals surface area contributed by atoms with Crippen LogP contribution in [0, 0.1) is 0 Å². The quantitative estimate of drug-likeness (QED) is 0.359. The number of benzene rings is 2. The van der Waals surface area contributed by atoms with Crippen molar-refractivity contribution in [3.63, 3.8) is 0 Å². The second kappa shape index (κ2) is 9.75. The molecule has 3 N–H and O–H groups in total. The van der Waals surface area contributed by atoms with Gasteiger partial charge in [0.15, 0.2) is 5.82 Å². The number of nitrogens with zero attached hydrogens (tertiary/aromatic N) is 3. The molecule has 0 saturated heterocycles. The van der Waals surface area contributed by atoms with Crippen molar-refractivity contribution in [1.82, 2.24) is 15.1 Å². The number of aliphatic hydroxyl groups is 1. The van der Waals surface area contributed by atoms with Crippen LogP contribution in [0.25, 0.3) is 10.9 Å². The summed E-state index contributed by atoms with van der Waals surface area (Å²) in [6.45, 7) is 6.07. The molecule has 2 heterocycles. The average Bonchev–Trinajstić information content (AvgIpc) is 3.27. The zero-order chi connectivity index (χ0) is 24.1. The van der Waals surface area contributed by atoms with Crippen molar-refractivity contribution >= 4 is 28.4 Å². The van der Waals surface area contributed by atoms with Gasteiger partial charge in [0, 0.05) is 23.2 Å². The first-order valence-electron chi connectivity index (χ1n) is 10.6. The number of nitrogens with one attached hydrogen (secondary N) is 2. The van der Waals surface area contributed by atoms with Gasteiger partial charge in [0.2, 0.25) is 5.88 Å². The number of amides is 2. The van der Waals surface area contributed by atoms with E-state index in [4.69, 9.17) is 19.1 Å². The molecule has 0 saturated carbocycles. The maximum Gasteiger partial charge on any atom is 0.324 e. The monoisotopic (exact) mass is 463 g/mol. The van der Waals surface area contributed by atoms with Gasteiger partial charge in [-0.05, 0) is 30.3 Å². The topological polar surface area (TPSA) is 132 Å². The Morgan fingerprint density at radius 1 is 1.06 bits per heavy atom. The molecular formula is C24H25N5O5. The molecule has 4 rings (SSSR count). The van der Waals surface area contributed by atoms with Crippen LogP contribution >= 0.6 is 0 Å². The summed E-state index contributed by atoms with van der Waals surface area (Å²) in [4.78, 5) is 20.9. The summed E-state index contributed by atoms with van der Waals surface area (Å²) in [5.74, 6) is 2.35. The van der Waals surface area contributed by atoms with Gasteiger partial charge < -0.3 is 24.4 Å². The molecule has 0 aliphatic rings. The second-order valence-corrected chi connectivity index (χ2v) is 8.47. The van der Waals surface area contributed by atoms with Crippen molar-refractivity contribution in [3.8, 4) is 17.4 Å². The van der Waals surface area contributed by atoms with E-state index in [0.717, 1.165) is 0 Å². The van der Waals surface area contributed by atoms with Gasteiger partial charge in [-0.2, -0.15) is 0 Å². The fraction of sp³-hybridized carbons (Fsp3) is 0.250. The van der Waals surface area contributed by atoms with E-state index in [1.165, 1.54) is 6.33 Å². The molecule has 0 unspecified atom stereocenters. The number of hydrogen-bond donors (Lipinski definition) is 3. The summed E-state index contributed by atoms with van der Waals surface area (Å²) in [6, 6.07) is 13.4. The van der Waals surface area contributed by atoms with Gasteiger partial charge in [-0.3, -0.25) is 5.32 Å². The van der Waals surface area contributed by atoms with Crippen molar-refractivity contribution in [2.75, 3.05) is 23.8 Å². The van der Waals surface area contributed by atoms with Crippen molar-refractivity contribution in [2.24, 2.45) is 0 Å². The number of fused-ring (bicyclic) bond motifs is 1. The molecular weight excluding hydrogens is 438 g/mol. The molecule has 0 aliphatic carbocycles. The van der Waals surface area contributed by atoms with E-state index < -0.39 is 6.03 Å². The fourth-order valence-corrected chi connectivity index (χ4v) is 3.06. The van der Waals surface area contributed by atoms with Crippen LogP contribution in [0.4, 0.5) is 16.3 Å². The second-order valence-electron chi connectivity index (χ2n) is 8.47. The van der Waals surface area contributed by atoms with E-state index in [9.17, 15) is 4.79 Å². The van der Waals surface area contributed by atoms with Crippen LogP contribution in [0.2, 0.25) is 0 Å². The largest absolute Gasteiger partial charge is 0.491 e. The number of carbonyl (C=O) groups is 1. The van der Waals surface area contributed by atoms with E-state index in [0.29, 0.717) is 45.5 Å². The molecule has 10 heteroatoms. The first-order chi connectivity index (χ1) is 16.3. The van der Waals surface area contributed by atoms with Crippen LogP contribution in [0.5, 0.6) is 17.4 Å². The van der Waals surface area contributed by atoms with Crippen LogP contribution in [0.3, 0.4) is 0 Å². The molecule has 0 radical (unpaired) electrons. The lowest BCUT2D eigenvalue weighted by Gasteiger charge is -2.12. The highest BCUT2D eigenvalue weighted by molar-refractivity contribution is 5.99. The summed E-state index contributed by atoms with van der Waals surface area (Å²) in [5, 5.41) is 18.9. The predicted octanol–water partition coefficient (Wildman–Crippen LogP) is 4.72. The standard InChI is InChI=1S/C24H25N5O5/c1-24(2,3)20-13-21(29-34-20)28-23(31)27-15-5-4-6-17(11-15)33-22-18-12-16(32-10-9-30)7-8-19(18)25-14-26-22/h4-8,11-14,30H,9-10H2,1-3H3,(H2,27,28,29,31). The van der Waals surface area contributed by atoms with E-state index in [2.05, 4.69) is 25.8 Å². The molecule has 0 fully saturated rings. The van der Waals surface area contributed by atoms with Gasteiger partial charge in [0.1, 0.15) is 30.2 Å². The maximum atomic E-state index is 12.4. The third-order valence-corrected chi connectivity index (χ3v) is 4.73. The van der Waals surface area contributed by atoms with Crippen LogP contribution in [0.1, 0.15) is 26.5 Å². The number of aliphatic hydroxyl groups excluding tert-OH is 1. The number of carbonyl (C=O) groups excluding carboxylic acids is 1. The summed E-state index contributed by atoms with van der Waals surface area (Å²) in [5.41, 5.74) is 0.975. The molecule has 176 valence electrons. The molecule has 2 aromatic heterocycles. The summed E-state index contributed by atoms with van der Waals surface area (Å²) >= 11 is 0. The number of ether oxygens (including phenoxy) is 2. The minimum absolute atomic E-state index is 0.0888. The Bertz CT molecular complexity index is 1300. The molecule has 0 atom stereocenters. The van der Waals surface area contributed by atoms with Gasteiger partial charge >= 0.3 is 6.03 Å². The molecule has 4 aromatic rings. The zero-order valence-electron chi connectivity index (χ0n) is 19.0. The van der Waals surface area contributed by atoms with Crippen molar-refractivity contribution in [2.45, 2.75) is 26.2 Å². The van der Waals surface area contributed by atoms with Crippen molar-refractivity contribution in [3.05, 3.63) is 60.6 Å². The number of aromatic nitrogens is 3. The number of urea groups is 1. The zero-order valence-corrected chi connectivity index (χ0v) is 19.0. The van der Waals surface area contributed by atoms with Gasteiger partial charge in [-0.15, -0.1) is 0 Å². The Kier molecular flexibility index (Phi) is 6.60. The lowest BCUT2D eigenvalue weighted by molar-refractivity contribution is 0.201. The molecule has 34 heavy (non-hydrogen) atoms. The predicted molar refractivity (Wildman–Crippen MR) is 126 cm³/mol. The van der Waals surface area contributed by atoms with E-state index in [1.807, 2.05) is 20.8 Å². The maximum absolute atomic E-state index is 12.4. The van der Waals surface area contributed by atoms with Crippen LogP contribution in [-0.4, -0.2) is 39.5 Å². The third kappa shape index (κ3) is 5.59. The summed E-state index contributed by atoms with van der Waals surface area (Å²) in [6.07, 6.45) is 1.41. The van der Waals surface area contributed by atoms with Gasteiger partial charge in [-0.1, -0.05) is 32.0 Å². The third-order valence-electron chi connectivity index (χ3n) is 4.73. The van der Waals surface area contributed by atoms with Crippen molar-refractivity contribution < 1.29 is 23.9 Å². The molecule has 0 spiro atoms. The Balaban J connectivity index is 1.47. The molecule has 2 aromatic carbocycles. The van der Waals surface area contributed by atoms with Gasteiger partial charge in [-0.25, -0.2) is 14.8 Å². The van der Waals surface area contributed by atoms with Crippen LogP contribution in [0.15, 0.2) is 59.4 Å². The average molecular weight is 463 g/mol. The van der Waals surface area contributed by atoms with E-state index in [-0.39, 0.29) is 18.6 Å². The highest BCUT2D eigenvalue weighted by Crippen LogP contribution is 2.30. The highest BCUT2D eigenvalue weighted by atomic mass is 16.5. The number of hydrogen-bond acceptors (Lipinski definition) is 8. The van der Waals surface area contributed by atoms with Crippen LogP contribution in [-0.2, 0) is 5.41 Å². The minimum Gasteiger partial charge on any atom is -0.491 e. The normalized spacial score (nSPS) is 11.3. The fourth-order valence-electron chi connectivity index (χ4n) is 3.06. The number of anilines is 2. The first kappa shape index (κ1) is 23.0. The summed E-state index contributed by atoms with van der Waals surface area (Å²) < 4.78 is 16.7. The Morgan fingerprint density at radius 3 is 2.68 bits per heavy atom. The van der Waals surface area contributed by atoms with Gasteiger partial charge in [0.25, 0.3) is 0 Å². The smallest absolute Gasteiger partial charge is 0.324 e. The van der Waals surface area contributed by atoms with Crippen LogP contribution < -0.4 is 20.1 Å². The minimum atomic E-state index is -0.468. The molecule has 10 nitrogen and oxygen atoms in total. The summed E-state index contributed by atoms with van der Waals surface area (Å²) in [7, 11) is 0. The first-order valence-corrected chi connectivity index (χ1v) is 10.6. The molecule has 2 amide bonds. The van der Waals surface area contributed by atoms with Crippen molar-refractivity contribution in [1.29, 1.82) is 0 Å². The van der Waals surface area contributed by atoms with E-state index >= 15 is 0 Å². The Hall–Kier alpha value is -4.18. The lowest BCUT2D eigenvalue weighted by Crippen LogP contribution is -2.19. The van der Waals surface area contributed by atoms with E-state index in [1.54, 1.807) is 48.5 Å². The molecule has 0 bridgehead atoms. The number of rotatable bonds is 7. The Labute approximate surface area is 195 Å². The Morgan fingerprint density at radius 2 is 1.91 bits per heavy atom.